The number of nitrogens with zero attached hydrogens (tertiary/aromatic N) is 4. The third-order valence-corrected chi connectivity index (χ3v) is 5.83. The Hall–Kier alpha value is -2.96. The zero-order valence-electron chi connectivity index (χ0n) is 14.6. The minimum absolute atomic E-state index is 0.0448. The number of hydrogen-bond donors (Lipinski definition) is 1. The molecule has 1 saturated heterocycles. The summed E-state index contributed by atoms with van der Waals surface area (Å²) >= 11 is 0. The average Bonchev–Trinajstić information content (AvgIpc) is 2.73. The number of aromatic nitrogens is 1. The summed E-state index contributed by atoms with van der Waals surface area (Å²) in [5, 5.41) is 9.06. The van der Waals surface area contributed by atoms with Crippen molar-refractivity contribution in [2.45, 2.75) is 4.90 Å². The Morgan fingerprint density at radius 3 is 2.44 bits per heavy atom. The normalized spacial score (nSPS) is 14.6. The van der Waals surface area contributed by atoms with E-state index in [2.05, 4.69) is 14.6 Å². The summed E-state index contributed by atoms with van der Waals surface area (Å²) in [4.78, 5) is 20.0. The maximum absolute atomic E-state index is 12.4. The standard InChI is InChI=1S/C18H19N5O3S/c19-13-15-3-1-2-4-17(15)27(25,26)21-14-18(24)23-11-9-22(10-12-23)16-5-7-20-8-6-16/h1-8,21H,9-12,14H2. The molecular weight excluding hydrogens is 366 g/mol. The monoisotopic (exact) mass is 385 g/mol. The molecule has 9 heteroatoms. The second-order valence-electron chi connectivity index (χ2n) is 6.01. The van der Waals surface area contributed by atoms with Crippen LogP contribution in [0.15, 0.2) is 53.7 Å². The molecule has 0 bridgehead atoms. The fourth-order valence-corrected chi connectivity index (χ4v) is 4.04. The van der Waals surface area contributed by atoms with Crippen LogP contribution in [0, 0.1) is 11.3 Å². The van der Waals surface area contributed by atoms with E-state index >= 15 is 0 Å². The van der Waals surface area contributed by atoms with Gasteiger partial charge in [0.2, 0.25) is 15.9 Å². The van der Waals surface area contributed by atoms with Crippen LogP contribution in [-0.4, -0.2) is 56.9 Å². The lowest BCUT2D eigenvalue weighted by Gasteiger charge is -2.36. The van der Waals surface area contributed by atoms with Crippen molar-refractivity contribution in [2.75, 3.05) is 37.6 Å². The molecule has 8 nitrogen and oxygen atoms in total. The van der Waals surface area contributed by atoms with E-state index in [1.54, 1.807) is 23.4 Å². The van der Waals surface area contributed by atoms with E-state index in [0.717, 1.165) is 5.69 Å². The molecule has 3 rings (SSSR count). The van der Waals surface area contributed by atoms with E-state index in [-0.39, 0.29) is 22.9 Å². The first kappa shape index (κ1) is 18.8. The fourth-order valence-electron chi connectivity index (χ4n) is 2.91. The molecule has 0 radical (unpaired) electrons. The number of carbonyl (C=O) groups is 1. The molecule has 1 N–H and O–H groups in total. The topological polar surface area (TPSA) is 106 Å². The molecular formula is C18H19N5O3S. The first-order valence-corrected chi connectivity index (χ1v) is 9.91. The van der Waals surface area contributed by atoms with Gasteiger partial charge in [-0.3, -0.25) is 9.78 Å². The summed E-state index contributed by atoms with van der Waals surface area (Å²) in [6, 6.07) is 11.6. The number of rotatable bonds is 5. The van der Waals surface area contributed by atoms with Crippen molar-refractivity contribution < 1.29 is 13.2 Å². The van der Waals surface area contributed by atoms with Gasteiger partial charge < -0.3 is 9.80 Å². The highest BCUT2D eigenvalue weighted by molar-refractivity contribution is 7.89. The van der Waals surface area contributed by atoms with Gasteiger partial charge in [0.05, 0.1) is 17.0 Å². The van der Waals surface area contributed by atoms with Gasteiger partial charge in [0.15, 0.2) is 0 Å². The molecule has 0 unspecified atom stereocenters. The van der Waals surface area contributed by atoms with Gasteiger partial charge in [0, 0.05) is 44.3 Å². The summed E-state index contributed by atoms with van der Waals surface area (Å²) in [6.45, 7) is 2.02. The van der Waals surface area contributed by atoms with Crippen molar-refractivity contribution in [1.82, 2.24) is 14.6 Å². The number of sulfonamides is 1. The molecule has 2 heterocycles. The van der Waals surface area contributed by atoms with Crippen LogP contribution in [0.2, 0.25) is 0 Å². The molecule has 1 aromatic carbocycles. The lowest BCUT2D eigenvalue weighted by Crippen LogP contribution is -2.51. The lowest BCUT2D eigenvalue weighted by atomic mass is 10.2. The zero-order valence-corrected chi connectivity index (χ0v) is 15.4. The smallest absolute Gasteiger partial charge is 0.242 e. The van der Waals surface area contributed by atoms with Crippen LogP contribution in [-0.2, 0) is 14.8 Å². The van der Waals surface area contributed by atoms with Crippen LogP contribution in [0.3, 0.4) is 0 Å². The second-order valence-corrected chi connectivity index (χ2v) is 7.74. The lowest BCUT2D eigenvalue weighted by molar-refractivity contribution is -0.130. The van der Waals surface area contributed by atoms with E-state index < -0.39 is 10.0 Å². The number of pyridine rings is 1. The molecule has 1 aliphatic rings. The molecule has 0 spiro atoms. The van der Waals surface area contributed by atoms with Crippen LogP contribution in [0.1, 0.15) is 5.56 Å². The van der Waals surface area contributed by atoms with E-state index in [1.165, 1.54) is 18.2 Å². The number of hydrogen-bond acceptors (Lipinski definition) is 6. The summed E-state index contributed by atoms with van der Waals surface area (Å²) in [6.07, 6.45) is 3.45. The molecule has 0 aliphatic carbocycles. The quantitative estimate of drug-likeness (QED) is 0.807. The molecule has 140 valence electrons. The van der Waals surface area contributed by atoms with Gasteiger partial charge in [-0.15, -0.1) is 0 Å². The minimum atomic E-state index is -3.93. The van der Waals surface area contributed by atoms with Crippen molar-refractivity contribution in [1.29, 1.82) is 5.26 Å². The summed E-state index contributed by atoms with van der Waals surface area (Å²) in [7, 11) is -3.93. The molecule has 1 aliphatic heterocycles. The van der Waals surface area contributed by atoms with E-state index in [1.807, 2.05) is 18.2 Å². The van der Waals surface area contributed by atoms with Crippen molar-refractivity contribution >= 4 is 21.6 Å². The Labute approximate surface area is 158 Å². The summed E-state index contributed by atoms with van der Waals surface area (Å²) in [5.41, 5.74) is 1.09. The molecule has 27 heavy (non-hydrogen) atoms. The van der Waals surface area contributed by atoms with Crippen molar-refractivity contribution in [3.8, 4) is 6.07 Å². The highest BCUT2D eigenvalue weighted by Gasteiger charge is 2.24. The number of benzene rings is 1. The van der Waals surface area contributed by atoms with Gasteiger partial charge in [-0.25, -0.2) is 13.1 Å². The van der Waals surface area contributed by atoms with Gasteiger partial charge in [-0.05, 0) is 24.3 Å². The number of nitrogens with one attached hydrogen (secondary N) is 1. The van der Waals surface area contributed by atoms with E-state index in [0.29, 0.717) is 26.2 Å². The van der Waals surface area contributed by atoms with Gasteiger partial charge in [0.25, 0.3) is 0 Å². The number of piperazine rings is 1. The Morgan fingerprint density at radius 2 is 1.78 bits per heavy atom. The predicted octanol–water partition coefficient (Wildman–Crippen LogP) is 0.580. The third kappa shape index (κ3) is 4.42. The molecule has 1 amide bonds. The SMILES string of the molecule is N#Cc1ccccc1S(=O)(=O)NCC(=O)N1CCN(c2ccncc2)CC1. The van der Waals surface area contributed by atoms with Crippen molar-refractivity contribution in [2.24, 2.45) is 0 Å². The van der Waals surface area contributed by atoms with Crippen molar-refractivity contribution in [3.05, 3.63) is 54.4 Å². The molecule has 1 aromatic heterocycles. The highest BCUT2D eigenvalue weighted by atomic mass is 32.2. The second kappa shape index (κ2) is 8.16. The maximum atomic E-state index is 12.4. The zero-order chi connectivity index (χ0) is 19.3. The van der Waals surface area contributed by atoms with Gasteiger partial charge >= 0.3 is 0 Å². The van der Waals surface area contributed by atoms with Crippen molar-refractivity contribution in [3.63, 3.8) is 0 Å². The van der Waals surface area contributed by atoms with Crippen LogP contribution >= 0.6 is 0 Å². The fraction of sp³-hybridized carbons (Fsp3) is 0.278. The maximum Gasteiger partial charge on any atom is 0.242 e. The van der Waals surface area contributed by atoms with Crippen LogP contribution in [0.5, 0.6) is 0 Å². The Bertz CT molecular complexity index is 948. The number of amides is 1. The minimum Gasteiger partial charge on any atom is -0.368 e. The third-order valence-electron chi connectivity index (χ3n) is 4.37. The Balaban J connectivity index is 1.56. The van der Waals surface area contributed by atoms with E-state index in [9.17, 15) is 13.2 Å². The molecule has 2 aromatic rings. The van der Waals surface area contributed by atoms with Gasteiger partial charge in [0.1, 0.15) is 6.07 Å². The number of carbonyl (C=O) groups excluding carboxylic acids is 1. The van der Waals surface area contributed by atoms with Gasteiger partial charge in [-0.2, -0.15) is 5.26 Å². The summed E-state index contributed by atoms with van der Waals surface area (Å²) in [5.74, 6) is -0.289. The Morgan fingerprint density at radius 1 is 1.11 bits per heavy atom. The number of anilines is 1. The average molecular weight is 385 g/mol. The first-order chi connectivity index (χ1) is 13.0. The largest absolute Gasteiger partial charge is 0.368 e. The van der Waals surface area contributed by atoms with E-state index in [4.69, 9.17) is 5.26 Å². The molecule has 0 saturated carbocycles. The summed E-state index contributed by atoms with van der Waals surface area (Å²) < 4.78 is 27.1. The molecule has 1 fully saturated rings. The molecule has 0 atom stereocenters. The highest BCUT2D eigenvalue weighted by Crippen LogP contribution is 2.16. The Kier molecular flexibility index (Phi) is 5.69. The van der Waals surface area contributed by atoms with Crippen LogP contribution in [0.25, 0.3) is 0 Å². The van der Waals surface area contributed by atoms with Crippen LogP contribution in [0.4, 0.5) is 5.69 Å². The van der Waals surface area contributed by atoms with Crippen LogP contribution < -0.4 is 9.62 Å². The predicted molar refractivity (Wildman–Crippen MR) is 99.4 cm³/mol. The number of nitriles is 1. The first-order valence-electron chi connectivity index (χ1n) is 8.43. The van der Waals surface area contributed by atoms with Gasteiger partial charge in [-0.1, -0.05) is 12.1 Å².